The van der Waals surface area contributed by atoms with Crippen LogP contribution in [0.3, 0.4) is 0 Å². The average Bonchev–Trinajstić information content (AvgIpc) is 2.44. The van der Waals surface area contributed by atoms with E-state index in [0.29, 0.717) is 6.42 Å². The number of hydrogen-bond donors (Lipinski definition) is 0. The van der Waals surface area contributed by atoms with Gasteiger partial charge in [-0.25, -0.2) is 0 Å². The highest BCUT2D eigenvalue weighted by Crippen LogP contribution is 2.38. The zero-order valence-corrected chi connectivity index (χ0v) is 13.6. The van der Waals surface area contributed by atoms with Crippen LogP contribution < -0.4 is 0 Å². The molecule has 5 heteroatoms. The van der Waals surface area contributed by atoms with Crippen molar-refractivity contribution in [2.45, 2.75) is 51.4 Å². The molecule has 21 heavy (non-hydrogen) atoms. The van der Waals surface area contributed by atoms with Crippen LogP contribution in [0.2, 0.25) is 0 Å². The standard InChI is InChI=1S/C16H19BrN2O2/c17-15-10-14(19(20)21)7-6-13(15)11-16(12-18)8-4-2-1-3-5-9-16/h6-7,10H,1-5,8-9,11H2. The summed E-state index contributed by atoms with van der Waals surface area (Å²) >= 11 is 3.42. The van der Waals surface area contributed by atoms with Gasteiger partial charge in [0.1, 0.15) is 0 Å². The predicted octanol–water partition coefficient (Wildman–Crippen LogP) is 5.15. The third-order valence-electron chi connectivity index (χ3n) is 4.32. The van der Waals surface area contributed by atoms with Crippen molar-refractivity contribution < 1.29 is 4.92 Å². The summed E-state index contributed by atoms with van der Waals surface area (Å²) < 4.78 is 0.730. The third-order valence-corrected chi connectivity index (χ3v) is 5.06. The Morgan fingerprint density at radius 1 is 1.24 bits per heavy atom. The lowest BCUT2D eigenvalue weighted by Gasteiger charge is -2.29. The van der Waals surface area contributed by atoms with Crippen molar-refractivity contribution in [3.8, 4) is 6.07 Å². The zero-order chi connectivity index (χ0) is 15.3. The Bertz CT molecular complexity index is 558. The molecule has 112 valence electrons. The van der Waals surface area contributed by atoms with Gasteiger partial charge >= 0.3 is 0 Å². The number of nitriles is 1. The molecule has 1 saturated carbocycles. The molecule has 0 saturated heterocycles. The second-order valence-corrected chi connectivity index (χ2v) is 6.72. The summed E-state index contributed by atoms with van der Waals surface area (Å²) in [6.07, 6.45) is 8.37. The lowest BCUT2D eigenvalue weighted by atomic mass is 9.73. The molecule has 1 aliphatic carbocycles. The minimum Gasteiger partial charge on any atom is -0.258 e. The molecule has 1 aliphatic rings. The van der Waals surface area contributed by atoms with E-state index in [1.54, 1.807) is 6.07 Å². The van der Waals surface area contributed by atoms with Gasteiger partial charge in [0.15, 0.2) is 0 Å². The van der Waals surface area contributed by atoms with E-state index in [-0.39, 0.29) is 11.1 Å². The maximum atomic E-state index is 10.8. The third kappa shape index (κ3) is 4.04. The largest absolute Gasteiger partial charge is 0.270 e. The van der Waals surface area contributed by atoms with Crippen LogP contribution in [0.4, 0.5) is 5.69 Å². The molecular weight excluding hydrogens is 332 g/mol. The number of rotatable bonds is 3. The monoisotopic (exact) mass is 350 g/mol. The first kappa shape index (κ1) is 16.0. The smallest absolute Gasteiger partial charge is 0.258 e. The first-order chi connectivity index (χ1) is 10.1. The van der Waals surface area contributed by atoms with E-state index in [1.165, 1.54) is 31.4 Å². The summed E-state index contributed by atoms with van der Waals surface area (Å²) in [6.45, 7) is 0. The van der Waals surface area contributed by atoms with Gasteiger partial charge in [0.25, 0.3) is 5.69 Å². The molecule has 0 aliphatic heterocycles. The van der Waals surface area contributed by atoms with Gasteiger partial charge in [-0.05, 0) is 24.8 Å². The molecule has 1 aromatic carbocycles. The van der Waals surface area contributed by atoms with Crippen molar-refractivity contribution in [2.75, 3.05) is 0 Å². The molecule has 0 spiro atoms. The first-order valence-corrected chi connectivity index (χ1v) is 8.20. The number of nitrogens with zero attached hydrogens (tertiary/aromatic N) is 2. The number of nitro groups is 1. The van der Waals surface area contributed by atoms with Gasteiger partial charge in [0.2, 0.25) is 0 Å². The van der Waals surface area contributed by atoms with E-state index in [1.807, 2.05) is 0 Å². The fourth-order valence-corrected chi connectivity index (χ4v) is 3.57. The molecule has 0 aromatic heterocycles. The van der Waals surface area contributed by atoms with Crippen LogP contribution in [0, 0.1) is 26.9 Å². The van der Waals surface area contributed by atoms with Crippen LogP contribution in [0.15, 0.2) is 22.7 Å². The van der Waals surface area contributed by atoms with Crippen LogP contribution in [0.25, 0.3) is 0 Å². The van der Waals surface area contributed by atoms with Crippen molar-refractivity contribution in [3.63, 3.8) is 0 Å². The zero-order valence-electron chi connectivity index (χ0n) is 12.0. The summed E-state index contributed by atoms with van der Waals surface area (Å²) in [5.74, 6) is 0. The van der Waals surface area contributed by atoms with Crippen molar-refractivity contribution >= 4 is 21.6 Å². The van der Waals surface area contributed by atoms with Gasteiger partial charge in [-0.15, -0.1) is 0 Å². The van der Waals surface area contributed by atoms with Crippen LogP contribution in [0.5, 0.6) is 0 Å². The molecule has 1 aromatic rings. The lowest BCUT2D eigenvalue weighted by molar-refractivity contribution is -0.384. The van der Waals surface area contributed by atoms with Gasteiger partial charge in [-0.1, -0.05) is 54.1 Å². The molecule has 1 fully saturated rings. The Morgan fingerprint density at radius 2 is 1.86 bits per heavy atom. The number of halogens is 1. The fourth-order valence-electron chi connectivity index (χ4n) is 3.07. The molecule has 0 N–H and O–H groups in total. The van der Waals surface area contributed by atoms with Gasteiger partial charge < -0.3 is 0 Å². The van der Waals surface area contributed by atoms with Crippen LogP contribution >= 0.6 is 15.9 Å². The molecule has 4 nitrogen and oxygen atoms in total. The highest BCUT2D eigenvalue weighted by Gasteiger charge is 2.31. The number of non-ortho nitro benzene ring substituents is 1. The van der Waals surface area contributed by atoms with Crippen LogP contribution in [-0.2, 0) is 6.42 Å². The molecule has 0 unspecified atom stereocenters. The molecule has 0 radical (unpaired) electrons. The Labute approximate surface area is 133 Å². The molecule has 2 rings (SSSR count). The molecule has 0 amide bonds. The summed E-state index contributed by atoms with van der Waals surface area (Å²) in [7, 11) is 0. The quantitative estimate of drug-likeness (QED) is 0.558. The van der Waals surface area contributed by atoms with Gasteiger partial charge in [-0.3, -0.25) is 10.1 Å². The summed E-state index contributed by atoms with van der Waals surface area (Å²) in [5, 5.41) is 20.5. The predicted molar refractivity (Wildman–Crippen MR) is 84.9 cm³/mol. The van der Waals surface area contributed by atoms with Crippen LogP contribution in [-0.4, -0.2) is 4.92 Å². The number of benzene rings is 1. The summed E-state index contributed by atoms with van der Waals surface area (Å²) in [5.41, 5.74) is 0.746. The van der Waals surface area contributed by atoms with E-state index >= 15 is 0 Å². The average molecular weight is 351 g/mol. The van der Waals surface area contributed by atoms with Crippen molar-refractivity contribution in [1.82, 2.24) is 0 Å². The van der Waals surface area contributed by atoms with E-state index in [0.717, 1.165) is 35.7 Å². The Balaban J connectivity index is 2.21. The second-order valence-electron chi connectivity index (χ2n) is 5.87. The maximum Gasteiger partial charge on any atom is 0.270 e. The molecule has 0 atom stereocenters. The van der Waals surface area contributed by atoms with Crippen molar-refractivity contribution in [3.05, 3.63) is 38.3 Å². The SMILES string of the molecule is N#CC1(Cc2ccc([N+](=O)[O-])cc2Br)CCCCCCC1. The second kappa shape index (κ2) is 7.04. The normalized spacial score (nSPS) is 18.3. The van der Waals surface area contributed by atoms with E-state index < -0.39 is 4.92 Å². The highest BCUT2D eigenvalue weighted by molar-refractivity contribution is 9.10. The minimum absolute atomic E-state index is 0.0781. The van der Waals surface area contributed by atoms with Crippen molar-refractivity contribution in [2.24, 2.45) is 5.41 Å². The van der Waals surface area contributed by atoms with Crippen LogP contribution in [0.1, 0.15) is 50.5 Å². The Kier molecular flexibility index (Phi) is 5.35. The first-order valence-electron chi connectivity index (χ1n) is 7.40. The van der Waals surface area contributed by atoms with E-state index in [9.17, 15) is 15.4 Å². The minimum atomic E-state index is -0.398. The fraction of sp³-hybridized carbons (Fsp3) is 0.562. The summed E-state index contributed by atoms with van der Waals surface area (Å²) in [4.78, 5) is 10.4. The summed E-state index contributed by atoms with van der Waals surface area (Å²) in [6, 6.07) is 7.37. The maximum absolute atomic E-state index is 10.8. The van der Waals surface area contributed by atoms with Gasteiger partial charge in [0, 0.05) is 16.6 Å². The Morgan fingerprint density at radius 3 is 2.38 bits per heavy atom. The van der Waals surface area contributed by atoms with E-state index in [4.69, 9.17) is 0 Å². The molecule has 0 bridgehead atoms. The topological polar surface area (TPSA) is 66.9 Å². The van der Waals surface area contributed by atoms with E-state index in [2.05, 4.69) is 22.0 Å². The Hall–Kier alpha value is -1.41. The van der Waals surface area contributed by atoms with Gasteiger partial charge in [-0.2, -0.15) is 5.26 Å². The van der Waals surface area contributed by atoms with Crippen molar-refractivity contribution in [1.29, 1.82) is 5.26 Å². The van der Waals surface area contributed by atoms with Gasteiger partial charge in [0.05, 0.1) is 16.4 Å². The highest BCUT2D eigenvalue weighted by atomic mass is 79.9. The molecule has 0 heterocycles. The molecular formula is C16H19BrN2O2. The number of hydrogen-bond acceptors (Lipinski definition) is 3. The lowest BCUT2D eigenvalue weighted by Crippen LogP contribution is -2.23. The number of nitro benzene ring substituents is 1.